The summed E-state index contributed by atoms with van der Waals surface area (Å²) in [5.74, 6) is 0. The molecule has 0 aromatic heterocycles. The van der Waals surface area contributed by atoms with E-state index in [1.807, 2.05) is 12.1 Å². The second-order valence-corrected chi connectivity index (χ2v) is 10.4. The minimum absolute atomic E-state index is 0.704. The summed E-state index contributed by atoms with van der Waals surface area (Å²) < 4.78 is 0. The van der Waals surface area contributed by atoms with Gasteiger partial charge in [0, 0.05) is 5.56 Å². The fourth-order valence-corrected chi connectivity index (χ4v) is 8.62. The van der Waals surface area contributed by atoms with Crippen LogP contribution in [0.25, 0.3) is 0 Å². The third-order valence-electron chi connectivity index (χ3n) is 5.10. The van der Waals surface area contributed by atoms with Crippen molar-refractivity contribution in [2.24, 2.45) is 0 Å². The molecule has 4 rings (SSSR count). The maximum Gasteiger partial charge on any atom is 0.179 e. The van der Waals surface area contributed by atoms with Gasteiger partial charge in [-0.25, -0.2) is 0 Å². The molecular weight excluding hydrogens is 344 g/mol. The van der Waals surface area contributed by atoms with Gasteiger partial charge in [-0.1, -0.05) is 115 Å². The zero-order valence-corrected chi connectivity index (χ0v) is 16.0. The Kier molecular flexibility index (Phi) is 4.82. The van der Waals surface area contributed by atoms with Gasteiger partial charge in [0.05, 0.1) is 0 Å². The SMILES string of the molecule is O=Cc1ccc([Si](c2ccccc2)(c2ccccc2)c2ccccc2)cc1. The fraction of sp³-hybridized carbons (Fsp3) is 0. The second-order valence-electron chi connectivity index (χ2n) is 6.59. The molecule has 0 heterocycles. The van der Waals surface area contributed by atoms with Crippen LogP contribution in [0.15, 0.2) is 115 Å². The largest absolute Gasteiger partial charge is 0.298 e. The number of carbonyl (C=O) groups excluding carboxylic acids is 1. The molecule has 0 aliphatic carbocycles. The zero-order valence-electron chi connectivity index (χ0n) is 15.0. The van der Waals surface area contributed by atoms with E-state index in [4.69, 9.17) is 0 Å². The monoisotopic (exact) mass is 364 g/mol. The average Bonchev–Trinajstić information content (AvgIpc) is 2.77. The van der Waals surface area contributed by atoms with Crippen LogP contribution in [0, 0.1) is 0 Å². The zero-order chi connectivity index (χ0) is 18.5. The number of aldehydes is 1. The summed E-state index contributed by atoms with van der Waals surface area (Å²) in [6.07, 6.45) is 0.903. The summed E-state index contributed by atoms with van der Waals surface area (Å²) in [5, 5.41) is 5.28. The Morgan fingerprint density at radius 1 is 0.444 bits per heavy atom. The first-order valence-electron chi connectivity index (χ1n) is 9.08. The molecule has 0 saturated heterocycles. The van der Waals surface area contributed by atoms with Gasteiger partial charge >= 0.3 is 0 Å². The quantitative estimate of drug-likeness (QED) is 0.302. The molecule has 0 saturated carbocycles. The number of hydrogen-bond acceptors (Lipinski definition) is 1. The van der Waals surface area contributed by atoms with Gasteiger partial charge in [-0.3, -0.25) is 4.79 Å². The van der Waals surface area contributed by atoms with Crippen molar-refractivity contribution in [2.45, 2.75) is 0 Å². The minimum Gasteiger partial charge on any atom is -0.298 e. The standard InChI is InChI=1S/C25H20OSi/c26-20-21-16-18-25(19-17-21)27(22-10-4-1-5-11-22,23-12-6-2-7-13-23)24-14-8-3-9-15-24/h1-20H. The Hall–Kier alpha value is -3.23. The molecule has 1 nitrogen and oxygen atoms in total. The van der Waals surface area contributed by atoms with Crippen molar-refractivity contribution in [3.05, 3.63) is 121 Å². The fourth-order valence-electron chi connectivity index (χ4n) is 3.88. The lowest BCUT2D eigenvalue weighted by Gasteiger charge is -2.34. The summed E-state index contributed by atoms with van der Waals surface area (Å²) in [6.45, 7) is 0. The van der Waals surface area contributed by atoms with Crippen LogP contribution in [0.1, 0.15) is 10.4 Å². The van der Waals surface area contributed by atoms with Crippen LogP contribution >= 0.6 is 0 Å². The van der Waals surface area contributed by atoms with Crippen LogP contribution in [0.3, 0.4) is 0 Å². The predicted octanol–water partition coefficient (Wildman–Crippen LogP) is 2.88. The van der Waals surface area contributed by atoms with Crippen LogP contribution < -0.4 is 20.7 Å². The molecule has 0 aliphatic rings. The molecule has 2 heteroatoms. The van der Waals surface area contributed by atoms with Gasteiger partial charge in [0.2, 0.25) is 0 Å². The number of rotatable bonds is 5. The van der Waals surface area contributed by atoms with Crippen molar-refractivity contribution >= 4 is 35.1 Å². The van der Waals surface area contributed by atoms with Crippen molar-refractivity contribution in [1.29, 1.82) is 0 Å². The molecule has 4 aromatic rings. The molecule has 0 fully saturated rings. The molecule has 27 heavy (non-hydrogen) atoms. The summed E-state index contributed by atoms with van der Waals surface area (Å²) in [7, 11) is -2.45. The van der Waals surface area contributed by atoms with Crippen LogP contribution in [0.4, 0.5) is 0 Å². The van der Waals surface area contributed by atoms with E-state index < -0.39 is 8.07 Å². The van der Waals surface area contributed by atoms with Crippen molar-refractivity contribution in [3.8, 4) is 0 Å². The molecule has 0 amide bonds. The summed E-state index contributed by atoms with van der Waals surface area (Å²) in [4.78, 5) is 11.2. The first-order chi connectivity index (χ1) is 13.4. The molecular formula is C25H20OSi. The molecule has 0 N–H and O–H groups in total. The van der Waals surface area contributed by atoms with Gasteiger partial charge < -0.3 is 0 Å². The van der Waals surface area contributed by atoms with Crippen molar-refractivity contribution in [2.75, 3.05) is 0 Å². The molecule has 0 bridgehead atoms. The van der Waals surface area contributed by atoms with E-state index in [0.717, 1.165) is 6.29 Å². The highest BCUT2D eigenvalue weighted by molar-refractivity contribution is 7.19. The average molecular weight is 365 g/mol. The Morgan fingerprint density at radius 3 is 1.11 bits per heavy atom. The van der Waals surface area contributed by atoms with Crippen LogP contribution in [0.5, 0.6) is 0 Å². The van der Waals surface area contributed by atoms with Gasteiger partial charge in [-0.05, 0) is 20.7 Å². The molecule has 130 valence electrons. The third kappa shape index (κ3) is 3.05. The van der Waals surface area contributed by atoms with Crippen molar-refractivity contribution in [1.82, 2.24) is 0 Å². The van der Waals surface area contributed by atoms with Gasteiger partial charge in [0.25, 0.3) is 0 Å². The van der Waals surface area contributed by atoms with Crippen molar-refractivity contribution in [3.63, 3.8) is 0 Å². The molecule has 4 aromatic carbocycles. The maximum atomic E-state index is 11.2. The molecule has 0 spiro atoms. The van der Waals surface area contributed by atoms with Crippen LogP contribution in [0.2, 0.25) is 0 Å². The van der Waals surface area contributed by atoms with Crippen molar-refractivity contribution < 1.29 is 4.79 Å². The van der Waals surface area contributed by atoms with E-state index >= 15 is 0 Å². The smallest absolute Gasteiger partial charge is 0.179 e. The molecule has 0 unspecified atom stereocenters. The van der Waals surface area contributed by atoms with Gasteiger partial charge in [0.1, 0.15) is 6.29 Å². The Morgan fingerprint density at radius 2 is 0.778 bits per heavy atom. The lowest BCUT2D eigenvalue weighted by molar-refractivity contribution is 0.112. The highest BCUT2D eigenvalue weighted by Gasteiger charge is 2.41. The lowest BCUT2D eigenvalue weighted by Crippen LogP contribution is -2.74. The number of hydrogen-bond donors (Lipinski definition) is 0. The van der Waals surface area contributed by atoms with E-state index in [2.05, 4.69) is 103 Å². The van der Waals surface area contributed by atoms with Gasteiger partial charge in [-0.15, -0.1) is 0 Å². The molecule has 0 atom stereocenters. The predicted molar refractivity (Wildman–Crippen MR) is 115 cm³/mol. The second kappa shape index (κ2) is 7.56. The Bertz CT molecular complexity index is 913. The van der Waals surface area contributed by atoms with Gasteiger partial charge in [0.15, 0.2) is 8.07 Å². The normalized spacial score (nSPS) is 11.1. The van der Waals surface area contributed by atoms with Gasteiger partial charge in [-0.2, -0.15) is 0 Å². The maximum absolute atomic E-state index is 11.2. The third-order valence-corrected chi connectivity index (χ3v) is 9.90. The number of carbonyl (C=O) groups is 1. The Balaban J connectivity index is 2.10. The van der Waals surface area contributed by atoms with E-state index in [1.165, 1.54) is 20.7 Å². The summed E-state index contributed by atoms with van der Waals surface area (Å²) in [5.41, 5.74) is 0.704. The first-order valence-corrected chi connectivity index (χ1v) is 11.1. The minimum atomic E-state index is -2.45. The molecule has 0 aliphatic heterocycles. The first kappa shape index (κ1) is 17.2. The Labute approximate surface area is 161 Å². The number of benzene rings is 4. The van der Waals surface area contributed by atoms with E-state index in [1.54, 1.807) is 0 Å². The van der Waals surface area contributed by atoms with E-state index in [9.17, 15) is 4.79 Å². The van der Waals surface area contributed by atoms with E-state index in [-0.39, 0.29) is 0 Å². The topological polar surface area (TPSA) is 17.1 Å². The van der Waals surface area contributed by atoms with Crippen LogP contribution in [-0.2, 0) is 0 Å². The molecule has 0 radical (unpaired) electrons. The summed E-state index contributed by atoms with van der Waals surface area (Å²) >= 11 is 0. The lowest BCUT2D eigenvalue weighted by atomic mass is 10.2. The summed E-state index contributed by atoms with van der Waals surface area (Å²) in [6, 6.07) is 40.4. The van der Waals surface area contributed by atoms with Crippen LogP contribution in [-0.4, -0.2) is 14.4 Å². The highest BCUT2D eigenvalue weighted by Crippen LogP contribution is 2.09. The van der Waals surface area contributed by atoms with E-state index in [0.29, 0.717) is 5.56 Å². The highest BCUT2D eigenvalue weighted by atomic mass is 28.3.